The Labute approximate surface area is 75.4 Å². The van der Waals surface area contributed by atoms with E-state index in [0.29, 0.717) is 0 Å². The van der Waals surface area contributed by atoms with Crippen LogP contribution in [0.5, 0.6) is 0 Å². The summed E-state index contributed by atoms with van der Waals surface area (Å²) in [6.45, 7) is 0. The second-order valence-electron chi connectivity index (χ2n) is 0.0833. The third-order valence-electron chi connectivity index (χ3n) is 0. The molecule has 0 amide bonds. The van der Waals surface area contributed by atoms with Gasteiger partial charge in [-0.05, 0) is 0 Å². The zero-order chi connectivity index (χ0) is 2.71. The Kier molecular flexibility index (Phi) is 267. The second kappa shape index (κ2) is 48.8. The van der Waals surface area contributed by atoms with Crippen molar-refractivity contribution in [1.82, 2.24) is 0 Å². The van der Waals surface area contributed by atoms with Gasteiger partial charge in [0, 0.05) is 0 Å². The molecular formula is H6Cl4MoO2+. The molecule has 2 N–H and O–H groups in total. The summed E-state index contributed by atoms with van der Waals surface area (Å²) in [6, 6.07) is 0. The van der Waals surface area contributed by atoms with Crippen molar-refractivity contribution in [1.29, 1.82) is 0 Å². The van der Waals surface area contributed by atoms with Gasteiger partial charge >= 0.3 is 26.1 Å². The molecular weight excluding hydrogens is 270 g/mol. The number of hydrogen-bond acceptors (Lipinski definition) is 1. The molecule has 0 saturated carbocycles. The Hall–Kier alpha value is 1.61. The Morgan fingerprint density at radius 2 is 1.00 bits per heavy atom. The average molecular weight is 276 g/mol. The van der Waals surface area contributed by atoms with Crippen molar-refractivity contribution in [3.05, 3.63) is 0 Å². The second-order valence-corrected chi connectivity index (χ2v) is 0.493. The van der Waals surface area contributed by atoms with Crippen molar-refractivity contribution in [3.8, 4) is 0 Å². The van der Waals surface area contributed by atoms with Crippen molar-refractivity contribution in [3.63, 3.8) is 0 Å². The molecule has 0 saturated heterocycles. The fourth-order valence-electron chi connectivity index (χ4n) is 0. The molecule has 0 atom stereocenters. The molecule has 0 aromatic carbocycles. The molecule has 7 heteroatoms. The summed E-state index contributed by atoms with van der Waals surface area (Å²) in [5.74, 6) is 0. The summed E-state index contributed by atoms with van der Waals surface area (Å²) in [5, 5.41) is 0. The first-order chi connectivity index (χ1) is 1.41. The van der Waals surface area contributed by atoms with Crippen LogP contribution in [-0.4, -0.2) is 3.76 Å². The van der Waals surface area contributed by atoms with Crippen molar-refractivity contribution < 1.29 is 26.1 Å². The van der Waals surface area contributed by atoms with Crippen molar-refractivity contribution >= 4 is 49.6 Å². The fraction of sp³-hybridized carbons (Fsp3) is 0. The van der Waals surface area contributed by atoms with Gasteiger partial charge in [-0.15, -0.1) is 49.6 Å². The van der Waals surface area contributed by atoms with E-state index in [0.717, 1.165) is 0 Å². The SMILES string of the molecule is Cl.Cl.Cl.Cl.[O]=[Mo][OH2+]. The maximum atomic E-state index is 8.73. The molecule has 0 aromatic heterocycles. The Bertz CT molecular complexity index is 17.2. The van der Waals surface area contributed by atoms with Crippen LogP contribution in [0.25, 0.3) is 0 Å². The molecule has 51 valence electrons. The van der Waals surface area contributed by atoms with Crippen LogP contribution in [0.15, 0.2) is 0 Å². The molecule has 0 unspecified atom stereocenters. The predicted molar refractivity (Wildman–Crippen MR) is 33.3 cm³/mol. The van der Waals surface area contributed by atoms with E-state index in [1.807, 2.05) is 0 Å². The van der Waals surface area contributed by atoms with Crippen LogP contribution in [0.3, 0.4) is 0 Å². The van der Waals surface area contributed by atoms with Crippen molar-refractivity contribution in [2.45, 2.75) is 0 Å². The molecule has 7 heavy (non-hydrogen) atoms. The van der Waals surface area contributed by atoms with Gasteiger partial charge in [-0.3, -0.25) is 0 Å². The zero-order valence-electron chi connectivity index (χ0n) is 2.95. The molecule has 0 radical (unpaired) electrons. The molecule has 0 spiro atoms. The number of rotatable bonds is 0. The van der Waals surface area contributed by atoms with E-state index < -0.39 is 18.9 Å². The van der Waals surface area contributed by atoms with Crippen LogP contribution in [0, 0.1) is 0 Å². The summed E-state index contributed by atoms with van der Waals surface area (Å²) >= 11 is -1.53. The van der Waals surface area contributed by atoms with E-state index in [-0.39, 0.29) is 49.6 Å². The maximum absolute atomic E-state index is 8.73. The fourth-order valence-corrected chi connectivity index (χ4v) is 0. The zero-order valence-corrected chi connectivity index (χ0v) is 8.22. The van der Waals surface area contributed by atoms with E-state index in [4.69, 9.17) is 7.16 Å². The van der Waals surface area contributed by atoms with Crippen LogP contribution in [0.1, 0.15) is 0 Å². The van der Waals surface area contributed by atoms with Gasteiger partial charge in [0.05, 0.1) is 0 Å². The number of hydrogen-bond donors (Lipinski definition) is 0. The topological polar surface area (TPSA) is 40.0 Å². The molecule has 0 aliphatic rings. The monoisotopic (exact) mass is 276 g/mol. The quantitative estimate of drug-likeness (QED) is 0.475. The first kappa shape index (κ1) is 38.3. The predicted octanol–water partition coefficient (Wildman–Crippen LogP) is 0.741. The Morgan fingerprint density at radius 1 is 1.00 bits per heavy atom. The van der Waals surface area contributed by atoms with Gasteiger partial charge in [-0.25, -0.2) is 0 Å². The summed E-state index contributed by atoms with van der Waals surface area (Å²) < 4.78 is 14.5. The summed E-state index contributed by atoms with van der Waals surface area (Å²) in [5.41, 5.74) is 0. The van der Waals surface area contributed by atoms with Crippen LogP contribution >= 0.6 is 49.6 Å². The average Bonchev–Trinajstić information content (AvgIpc) is 0.918. The third-order valence-corrected chi connectivity index (χ3v) is 0. The van der Waals surface area contributed by atoms with Crippen LogP contribution in [-0.2, 0) is 22.3 Å². The van der Waals surface area contributed by atoms with Gasteiger partial charge in [-0.2, -0.15) is 0 Å². The normalized spacial score (nSPS) is 1.86. The van der Waals surface area contributed by atoms with E-state index in [9.17, 15) is 0 Å². The van der Waals surface area contributed by atoms with E-state index in [1.165, 1.54) is 0 Å². The van der Waals surface area contributed by atoms with E-state index in [1.54, 1.807) is 0 Å². The first-order valence-corrected chi connectivity index (χ1v) is 2.19. The third kappa shape index (κ3) is 92.5. The molecule has 0 bridgehead atoms. The molecule has 2 nitrogen and oxygen atoms in total. The minimum atomic E-state index is -1.53. The number of halogens is 4. The standard InChI is InChI=1S/4ClH.Mo.H2O.O/h4*1H;;1H2;/q;;;;+1;;. The van der Waals surface area contributed by atoms with Crippen molar-refractivity contribution in [2.75, 3.05) is 0 Å². The first-order valence-electron chi connectivity index (χ1n) is 0.371. The van der Waals surface area contributed by atoms with E-state index >= 15 is 0 Å². The van der Waals surface area contributed by atoms with Gasteiger partial charge in [0.2, 0.25) is 0 Å². The van der Waals surface area contributed by atoms with Crippen molar-refractivity contribution in [2.24, 2.45) is 0 Å². The van der Waals surface area contributed by atoms with Crippen LogP contribution < -0.4 is 0 Å². The van der Waals surface area contributed by atoms with Crippen LogP contribution in [0.4, 0.5) is 0 Å². The molecule has 0 fully saturated rings. The van der Waals surface area contributed by atoms with Gasteiger partial charge < -0.3 is 0 Å². The minimum absolute atomic E-state index is 0. The summed E-state index contributed by atoms with van der Waals surface area (Å²) in [7, 11) is 0. The molecule has 0 heterocycles. The molecule has 0 aliphatic heterocycles. The van der Waals surface area contributed by atoms with E-state index in [2.05, 4.69) is 0 Å². The molecule has 0 aromatic rings. The summed E-state index contributed by atoms with van der Waals surface area (Å²) in [4.78, 5) is 0. The van der Waals surface area contributed by atoms with Gasteiger partial charge in [-0.1, -0.05) is 0 Å². The molecule has 0 aliphatic carbocycles. The molecule has 0 rings (SSSR count). The van der Waals surface area contributed by atoms with Gasteiger partial charge in [0.1, 0.15) is 0 Å². The Balaban J connectivity index is -0.00000000333. The van der Waals surface area contributed by atoms with Gasteiger partial charge in [0.15, 0.2) is 0 Å². The Morgan fingerprint density at radius 3 is 1.00 bits per heavy atom. The van der Waals surface area contributed by atoms with Crippen LogP contribution in [0.2, 0.25) is 0 Å². The van der Waals surface area contributed by atoms with Gasteiger partial charge in [0.25, 0.3) is 0 Å². The summed E-state index contributed by atoms with van der Waals surface area (Å²) in [6.07, 6.45) is 0.